The minimum absolute atomic E-state index is 0.227. The Bertz CT molecular complexity index is 1040. The molecule has 1 saturated carbocycles. The zero-order valence-electron chi connectivity index (χ0n) is 17.6. The van der Waals surface area contributed by atoms with Crippen LogP contribution >= 0.6 is 0 Å². The molecule has 2 aromatic carbocycles. The molecule has 1 aliphatic heterocycles. The van der Waals surface area contributed by atoms with Gasteiger partial charge in [0.05, 0.1) is 12.3 Å². The molecule has 0 atom stereocenters. The van der Waals surface area contributed by atoms with Crippen molar-refractivity contribution in [2.45, 2.75) is 70.8 Å². The van der Waals surface area contributed by atoms with Crippen molar-refractivity contribution >= 4 is 10.9 Å². The van der Waals surface area contributed by atoms with Gasteiger partial charge in [0.15, 0.2) is 0 Å². The number of fused-ring (bicyclic) bond motifs is 6. The largest absolute Gasteiger partial charge is 0.493 e. The molecule has 1 spiro atoms. The van der Waals surface area contributed by atoms with Gasteiger partial charge in [-0.25, -0.2) is 0 Å². The lowest BCUT2D eigenvalue weighted by Gasteiger charge is -2.46. The first-order valence-electron chi connectivity index (χ1n) is 10.9. The van der Waals surface area contributed by atoms with E-state index in [1.807, 2.05) is 0 Å². The zero-order valence-corrected chi connectivity index (χ0v) is 17.6. The summed E-state index contributed by atoms with van der Waals surface area (Å²) in [5.41, 5.74) is 6.96. The number of ether oxygens (including phenoxy) is 1. The van der Waals surface area contributed by atoms with Gasteiger partial charge in [0.2, 0.25) is 0 Å². The zero-order chi connectivity index (χ0) is 19.5. The third-order valence-corrected chi connectivity index (χ3v) is 7.02. The second-order valence-corrected chi connectivity index (χ2v) is 9.42. The molecular weight excluding hydrogens is 342 g/mol. The highest BCUT2D eigenvalue weighted by Gasteiger charge is 2.42. The molecule has 1 aliphatic carbocycles. The molecule has 2 heteroatoms. The van der Waals surface area contributed by atoms with E-state index >= 15 is 0 Å². The highest BCUT2D eigenvalue weighted by molar-refractivity contribution is 5.89. The Morgan fingerprint density at radius 3 is 2.25 bits per heavy atom. The van der Waals surface area contributed by atoms with Gasteiger partial charge in [-0.05, 0) is 72.6 Å². The van der Waals surface area contributed by atoms with E-state index in [-0.39, 0.29) is 5.54 Å². The van der Waals surface area contributed by atoms with Crippen molar-refractivity contribution in [1.29, 1.82) is 0 Å². The van der Waals surface area contributed by atoms with Crippen molar-refractivity contribution in [2.75, 3.05) is 6.61 Å². The quantitative estimate of drug-likeness (QED) is 0.462. The number of hydrogen-bond donors (Lipinski definition) is 0. The Morgan fingerprint density at radius 2 is 1.57 bits per heavy atom. The van der Waals surface area contributed by atoms with E-state index in [0.717, 1.165) is 18.8 Å². The molecule has 0 saturated heterocycles. The molecule has 0 radical (unpaired) electrons. The summed E-state index contributed by atoms with van der Waals surface area (Å²) in [5, 5.41) is 1.37. The molecule has 3 aromatic rings. The summed E-state index contributed by atoms with van der Waals surface area (Å²) in [6.45, 7) is 9.85. The first-order chi connectivity index (χ1) is 13.5. The van der Waals surface area contributed by atoms with Crippen molar-refractivity contribution in [3.05, 3.63) is 53.6 Å². The first-order valence-corrected chi connectivity index (χ1v) is 10.9. The second kappa shape index (κ2) is 6.40. The third kappa shape index (κ3) is 2.61. The van der Waals surface area contributed by atoms with Gasteiger partial charge in [0.1, 0.15) is 5.75 Å². The topological polar surface area (TPSA) is 14.2 Å². The number of rotatable bonds is 2. The normalized spacial score (nSPS) is 17.8. The molecular formula is C26H31NO. The van der Waals surface area contributed by atoms with E-state index < -0.39 is 0 Å². The van der Waals surface area contributed by atoms with Gasteiger partial charge in [-0.15, -0.1) is 0 Å². The molecule has 0 bridgehead atoms. The molecule has 146 valence electrons. The van der Waals surface area contributed by atoms with Crippen molar-refractivity contribution in [1.82, 2.24) is 4.57 Å². The maximum atomic E-state index is 6.35. The van der Waals surface area contributed by atoms with Crippen LogP contribution in [0.2, 0.25) is 0 Å². The maximum absolute atomic E-state index is 6.35. The lowest BCUT2D eigenvalue weighted by Crippen LogP contribution is -2.42. The second-order valence-electron chi connectivity index (χ2n) is 9.42. The molecule has 5 rings (SSSR count). The summed E-state index contributed by atoms with van der Waals surface area (Å²) >= 11 is 0. The fourth-order valence-electron chi connectivity index (χ4n) is 5.05. The lowest BCUT2D eigenvalue weighted by molar-refractivity contribution is 0.106. The Kier molecular flexibility index (Phi) is 4.08. The van der Waals surface area contributed by atoms with E-state index in [9.17, 15) is 0 Å². The minimum Gasteiger partial charge on any atom is -0.493 e. The van der Waals surface area contributed by atoms with Crippen molar-refractivity contribution in [3.63, 3.8) is 0 Å². The highest BCUT2D eigenvalue weighted by atomic mass is 16.5. The summed E-state index contributed by atoms with van der Waals surface area (Å²) < 4.78 is 9.02. The molecule has 1 fully saturated rings. The number of benzene rings is 2. The molecule has 0 amide bonds. The van der Waals surface area contributed by atoms with Crippen LogP contribution < -0.4 is 4.74 Å². The predicted octanol–water partition coefficient (Wildman–Crippen LogP) is 7.22. The Labute approximate surface area is 168 Å². The maximum Gasteiger partial charge on any atom is 0.128 e. The molecule has 2 nitrogen and oxygen atoms in total. The van der Waals surface area contributed by atoms with E-state index in [1.54, 1.807) is 0 Å². The third-order valence-electron chi connectivity index (χ3n) is 7.02. The number of nitrogens with zero attached hydrogens (tertiary/aromatic N) is 1. The predicted molar refractivity (Wildman–Crippen MR) is 117 cm³/mol. The van der Waals surface area contributed by atoms with Gasteiger partial charge in [-0.3, -0.25) is 0 Å². The summed E-state index contributed by atoms with van der Waals surface area (Å²) in [7, 11) is 0. The van der Waals surface area contributed by atoms with Crippen LogP contribution in [0, 0.1) is 0 Å². The van der Waals surface area contributed by atoms with Crippen LogP contribution in [0.1, 0.15) is 76.3 Å². The SMILES string of the molecule is CC(C)c1ccc2c(c1)OCCC1(CCC1)n1c-2cc2cc(C(C)C)ccc21. The van der Waals surface area contributed by atoms with Crippen molar-refractivity contribution in [3.8, 4) is 17.0 Å². The van der Waals surface area contributed by atoms with E-state index in [2.05, 4.69) is 74.7 Å². The van der Waals surface area contributed by atoms with Gasteiger partial charge in [0.25, 0.3) is 0 Å². The van der Waals surface area contributed by atoms with Crippen molar-refractivity contribution < 1.29 is 4.74 Å². The molecule has 2 heterocycles. The standard InChI is InChI=1S/C26H31NO/c1-17(2)19-7-9-23-21(14-19)15-24-22-8-6-20(18(3)4)16-25(22)28-13-12-26(27(23)24)10-5-11-26/h6-9,14-18H,5,10-13H2,1-4H3. The lowest BCUT2D eigenvalue weighted by atomic mass is 9.73. The van der Waals surface area contributed by atoms with Crippen LogP contribution in [-0.2, 0) is 5.54 Å². The molecule has 0 N–H and O–H groups in total. The van der Waals surface area contributed by atoms with Crippen LogP contribution in [0.4, 0.5) is 0 Å². The van der Waals surface area contributed by atoms with E-state index in [1.165, 1.54) is 52.5 Å². The average Bonchev–Trinajstić information content (AvgIpc) is 3.00. The van der Waals surface area contributed by atoms with Crippen LogP contribution in [-0.4, -0.2) is 11.2 Å². The van der Waals surface area contributed by atoms with Crippen LogP contribution in [0.5, 0.6) is 5.75 Å². The molecule has 1 aromatic heterocycles. The summed E-state index contributed by atoms with van der Waals surface area (Å²) in [5.74, 6) is 2.11. The Balaban J connectivity index is 1.78. The highest BCUT2D eigenvalue weighted by Crippen LogP contribution is 2.50. The Hall–Kier alpha value is -2.22. The van der Waals surface area contributed by atoms with Gasteiger partial charge in [-0.1, -0.05) is 39.8 Å². The molecule has 0 unspecified atom stereocenters. The fraction of sp³-hybridized carbons (Fsp3) is 0.462. The average molecular weight is 374 g/mol. The minimum atomic E-state index is 0.227. The molecule has 2 aliphatic rings. The van der Waals surface area contributed by atoms with Gasteiger partial charge in [-0.2, -0.15) is 0 Å². The van der Waals surface area contributed by atoms with E-state index in [4.69, 9.17) is 4.74 Å². The smallest absolute Gasteiger partial charge is 0.128 e. The van der Waals surface area contributed by atoms with Gasteiger partial charge >= 0.3 is 0 Å². The number of aromatic nitrogens is 1. The van der Waals surface area contributed by atoms with Crippen LogP contribution in [0.25, 0.3) is 22.2 Å². The first kappa shape index (κ1) is 17.8. The van der Waals surface area contributed by atoms with Crippen LogP contribution in [0.3, 0.4) is 0 Å². The van der Waals surface area contributed by atoms with Crippen molar-refractivity contribution in [2.24, 2.45) is 0 Å². The van der Waals surface area contributed by atoms with Gasteiger partial charge < -0.3 is 9.30 Å². The summed E-state index contributed by atoms with van der Waals surface area (Å²) in [6, 6.07) is 16.3. The van der Waals surface area contributed by atoms with Gasteiger partial charge in [0, 0.05) is 28.4 Å². The number of hydrogen-bond acceptors (Lipinski definition) is 1. The summed E-state index contributed by atoms with van der Waals surface area (Å²) in [4.78, 5) is 0. The molecule has 28 heavy (non-hydrogen) atoms. The van der Waals surface area contributed by atoms with Crippen LogP contribution in [0.15, 0.2) is 42.5 Å². The monoisotopic (exact) mass is 373 g/mol. The summed E-state index contributed by atoms with van der Waals surface area (Å²) in [6.07, 6.45) is 4.94. The Morgan fingerprint density at radius 1 is 0.857 bits per heavy atom. The fourth-order valence-corrected chi connectivity index (χ4v) is 5.05. The van der Waals surface area contributed by atoms with E-state index in [0.29, 0.717) is 11.8 Å².